The molecule has 104 valence electrons. The molecule has 8 heteroatoms. The summed E-state index contributed by atoms with van der Waals surface area (Å²) >= 11 is 3.15. The van der Waals surface area contributed by atoms with Gasteiger partial charge >= 0.3 is 5.97 Å². The zero-order chi connectivity index (χ0) is 14.7. The SMILES string of the molecule is O=C(O)c1ccc(COc2cc(Br)cc([N+](=O)[O-])c2)o1. The molecule has 0 aliphatic rings. The molecule has 0 aliphatic heterocycles. The smallest absolute Gasteiger partial charge is 0.371 e. The molecule has 0 aliphatic carbocycles. The highest BCUT2D eigenvalue weighted by Gasteiger charge is 2.12. The summed E-state index contributed by atoms with van der Waals surface area (Å²) in [6.07, 6.45) is 0. The Morgan fingerprint density at radius 2 is 2.15 bits per heavy atom. The molecule has 1 aromatic carbocycles. The first-order chi connectivity index (χ1) is 9.45. The summed E-state index contributed by atoms with van der Waals surface area (Å²) in [4.78, 5) is 20.8. The van der Waals surface area contributed by atoms with E-state index in [2.05, 4.69) is 15.9 Å². The Balaban J connectivity index is 2.10. The first kappa shape index (κ1) is 14.1. The molecule has 0 saturated heterocycles. The maximum absolute atomic E-state index is 10.7. The molecule has 0 amide bonds. The second-order valence-corrected chi connectivity index (χ2v) is 4.68. The van der Waals surface area contributed by atoms with Gasteiger partial charge in [0, 0.05) is 10.5 Å². The quantitative estimate of drug-likeness (QED) is 0.661. The molecule has 0 fully saturated rings. The lowest BCUT2D eigenvalue weighted by Crippen LogP contribution is -1.96. The third kappa shape index (κ3) is 3.35. The minimum Gasteiger partial charge on any atom is -0.485 e. The Kier molecular flexibility index (Phi) is 4.04. The van der Waals surface area contributed by atoms with Gasteiger partial charge in [0.1, 0.15) is 18.1 Å². The predicted octanol–water partition coefficient (Wildman–Crippen LogP) is 3.23. The van der Waals surface area contributed by atoms with E-state index >= 15 is 0 Å². The van der Waals surface area contributed by atoms with E-state index in [1.807, 2.05) is 0 Å². The Morgan fingerprint density at radius 1 is 1.40 bits per heavy atom. The standard InChI is InChI=1S/C12H8BrNO6/c13-7-3-8(14(17)18)5-10(4-7)19-6-9-1-2-11(20-9)12(15)16/h1-5H,6H2,(H,15,16). The van der Waals surface area contributed by atoms with Crippen LogP contribution in [0.3, 0.4) is 0 Å². The minimum absolute atomic E-state index is 0.0269. The maximum Gasteiger partial charge on any atom is 0.371 e. The highest BCUT2D eigenvalue weighted by Crippen LogP contribution is 2.26. The van der Waals surface area contributed by atoms with Gasteiger partial charge < -0.3 is 14.3 Å². The number of hydrogen-bond donors (Lipinski definition) is 1. The summed E-state index contributed by atoms with van der Waals surface area (Å²) in [6.45, 7) is -0.0269. The summed E-state index contributed by atoms with van der Waals surface area (Å²) in [5.74, 6) is -0.775. The highest BCUT2D eigenvalue weighted by atomic mass is 79.9. The van der Waals surface area contributed by atoms with Crippen LogP contribution in [0.4, 0.5) is 5.69 Å². The van der Waals surface area contributed by atoms with Crippen LogP contribution in [0.15, 0.2) is 39.2 Å². The monoisotopic (exact) mass is 341 g/mol. The van der Waals surface area contributed by atoms with E-state index in [9.17, 15) is 14.9 Å². The number of halogens is 1. The highest BCUT2D eigenvalue weighted by molar-refractivity contribution is 9.10. The topological polar surface area (TPSA) is 103 Å². The van der Waals surface area contributed by atoms with E-state index < -0.39 is 10.9 Å². The van der Waals surface area contributed by atoms with Gasteiger partial charge in [-0.05, 0) is 18.2 Å². The fourth-order valence-electron chi connectivity index (χ4n) is 1.46. The Hall–Kier alpha value is -2.35. The first-order valence-electron chi connectivity index (χ1n) is 5.35. The molecular weight excluding hydrogens is 334 g/mol. The van der Waals surface area contributed by atoms with E-state index in [1.165, 1.54) is 24.3 Å². The third-order valence-corrected chi connectivity index (χ3v) is 2.78. The van der Waals surface area contributed by atoms with Crippen LogP contribution in [0.25, 0.3) is 0 Å². The molecule has 0 saturated carbocycles. The molecule has 2 rings (SSSR count). The molecule has 20 heavy (non-hydrogen) atoms. The van der Waals surface area contributed by atoms with Crippen molar-refractivity contribution >= 4 is 27.6 Å². The number of hydrogen-bond acceptors (Lipinski definition) is 5. The first-order valence-corrected chi connectivity index (χ1v) is 6.15. The largest absolute Gasteiger partial charge is 0.485 e. The number of nitro groups is 1. The van der Waals surface area contributed by atoms with Crippen molar-refractivity contribution in [3.8, 4) is 5.75 Å². The van der Waals surface area contributed by atoms with Crippen molar-refractivity contribution in [1.29, 1.82) is 0 Å². The van der Waals surface area contributed by atoms with Crippen LogP contribution in [0.2, 0.25) is 0 Å². The molecule has 0 radical (unpaired) electrons. The van der Waals surface area contributed by atoms with Crippen molar-refractivity contribution in [2.24, 2.45) is 0 Å². The molecule has 0 bridgehead atoms. The second kappa shape index (κ2) is 5.74. The molecular formula is C12H8BrNO6. The third-order valence-electron chi connectivity index (χ3n) is 2.32. The van der Waals surface area contributed by atoms with Crippen LogP contribution in [0.5, 0.6) is 5.75 Å². The van der Waals surface area contributed by atoms with Gasteiger partial charge in [-0.25, -0.2) is 4.79 Å². The van der Waals surface area contributed by atoms with E-state index in [0.29, 0.717) is 10.2 Å². The van der Waals surface area contributed by atoms with E-state index in [4.69, 9.17) is 14.3 Å². The summed E-state index contributed by atoms with van der Waals surface area (Å²) < 4.78 is 10.8. The predicted molar refractivity (Wildman–Crippen MR) is 70.8 cm³/mol. The summed E-state index contributed by atoms with van der Waals surface area (Å²) in [5, 5.41) is 19.4. The van der Waals surface area contributed by atoms with Gasteiger partial charge in [-0.2, -0.15) is 0 Å². The van der Waals surface area contributed by atoms with E-state index in [1.54, 1.807) is 6.07 Å². The number of carboxylic acids is 1. The van der Waals surface area contributed by atoms with Gasteiger partial charge in [0.2, 0.25) is 5.76 Å². The van der Waals surface area contributed by atoms with Crippen molar-refractivity contribution < 1.29 is 24.0 Å². The normalized spacial score (nSPS) is 10.2. The van der Waals surface area contributed by atoms with Gasteiger partial charge in [0.15, 0.2) is 0 Å². The van der Waals surface area contributed by atoms with Crippen LogP contribution in [-0.4, -0.2) is 16.0 Å². The van der Waals surface area contributed by atoms with Crippen molar-refractivity contribution in [2.45, 2.75) is 6.61 Å². The number of non-ortho nitro benzene ring substituents is 1. The van der Waals surface area contributed by atoms with Gasteiger partial charge in [-0.3, -0.25) is 10.1 Å². The number of furan rings is 1. The molecule has 1 aromatic heterocycles. The number of ether oxygens (including phenoxy) is 1. The fraction of sp³-hybridized carbons (Fsp3) is 0.0833. The molecule has 2 aromatic rings. The lowest BCUT2D eigenvalue weighted by Gasteiger charge is -2.04. The summed E-state index contributed by atoms with van der Waals surface area (Å²) in [5.41, 5.74) is -0.111. The van der Waals surface area contributed by atoms with Crippen molar-refractivity contribution in [3.63, 3.8) is 0 Å². The average Bonchev–Trinajstić information content (AvgIpc) is 2.84. The number of nitrogens with zero attached hydrogens (tertiary/aromatic N) is 1. The Morgan fingerprint density at radius 3 is 2.75 bits per heavy atom. The van der Waals surface area contributed by atoms with Crippen LogP contribution in [0, 0.1) is 10.1 Å². The van der Waals surface area contributed by atoms with Crippen LogP contribution >= 0.6 is 15.9 Å². The molecule has 1 N–H and O–H groups in total. The Labute approximate surface area is 121 Å². The van der Waals surface area contributed by atoms with Crippen LogP contribution in [-0.2, 0) is 6.61 Å². The number of nitro benzene ring substituents is 1. The van der Waals surface area contributed by atoms with Gasteiger partial charge in [0.05, 0.1) is 11.0 Å². The van der Waals surface area contributed by atoms with Gasteiger partial charge in [-0.15, -0.1) is 0 Å². The number of carboxylic acid groups (broad SMARTS) is 1. The van der Waals surface area contributed by atoms with Gasteiger partial charge in [-0.1, -0.05) is 15.9 Å². The average molecular weight is 342 g/mol. The molecule has 1 heterocycles. The van der Waals surface area contributed by atoms with Crippen molar-refractivity contribution in [2.75, 3.05) is 0 Å². The van der Waals surface area contributed by atoms with Crippen LogP contribution < -0.4 is 4.74 Å². The summed E-state index contributed by atoms with van der Waals surface area (Å²) in [6, 6.07) is 6.96. The molecule has 0 unspecified atom stereocenters. The zero-order valence-corrected chi connectivity index (χ0v) is 11.5. The Bertz CT molecular complexity index is 666. The zero-order valence-electron chi connectivity index (χ0n) is 9.91. The van der Waals surface area contributed by atoms with Crippen LogP contribution in [0.1, 0.15) is 16.3 Å². The fourth-order valence-corrected chi connectivity index (χ4v) is 1.92. The number of benzene rings is 1. The molecule has 0 spiro atoms. The molecule has 7 nitrogen and oxygen atoms in total. The van der Waals surface area contributed by atoms with E-state index in [0.717, 1.165) is 0 Å². The lowest BCUT2D eigenvalue weighted by molar-refractivity contribution is -0.385. The van der Waals surface area contributed by atoms with Crippen molar-refractivity contribution in [1.82, 2.24) is 0 Å². The van der Waals surface area contributed by atoms with E-state index in [-0.39, 0.29) is 23.8 Å². The summed E-state index contributed by atoms with van der Waals surface area (Å²) in [7, 11) is 0. The maximum atomic E-state index is 10.7. The number of aromatic carboxylic acids is 1. The number of rotatable bonds is 5. The second-order valence-electron chi connectivity index (χ2n) is 3.76. The molecule has 0 atom stereocenters. The lowest BCUT2D eigenvalue weighted by atomic mass is 10.3. The minimum atomic E-state index is -1.17. The van der Waals surface area contributed by atoms with Crippen molar-refractivity contribution in [3.05, 3.63) is 56.4 Å². The van der Waals surface area contributed by atoms with Gasteiger partial charge in [0.25, 0.3) is 5.69 Å². The number of carbonyl (C=O) groups is 1.